The van der Waals surface area contributed by atoms with Crippen LogP contribution in [0, 0.1) is 5.82 Å². The highest BCUT2D eigenvalue weighted by Gasteiger charge is 2.20. The maximum atomic E-state index is 13.0. The van der Waals surface area contributed by atoms with Crippen LogP contribution in [0.25, 0.3) is 22.8 Å². The Kier molecular flexibility index (Phi) is 4.23. The van der Waals surface area contributed by atoms with Crippen molar-refractivity contribution in [2.75, 3.05) is 6.61 Å². The van der Waals surface area contributed by atoms with Crippen LogP contribution in [0.1, 0.15) is 12.6 Å². The predicted octanol–water partition coefficient (Wildman–Crippen LogP) is 3.85. The minimum atomic E-state index is -0.392. The Bertz CT molecular complexity index is 791. The number of furan rings is 1. The molecule has 6 heteroatoms. The number of hydrogen-bond donors (Lipinski definition) is 0. The molecule has 0 atom stereocenters. The third-order valence-electron chi connectivity index (χ3n) is 3.19. The van der Waals surface area contributed by atoms with E-state index in [0.29, 0.717) is 35.1 Å². The summed E-state index contributed by atoms with van der Waals surface area (Å²) in [5.74, 6) is 0.00457. The zero-order chi connectivity index (χ0) is 16.2. The van der Waals surface area contributed by atoms with Crippen LogP contribution in [0.4, 0.5) is 4.39 Å². The number of benzene rings is 1. The zero-order valence-corrected chi connectivity index (χ0v) is 12.4. The van der Waals surface area contributed by atoms with Crippen molar-refractivity contribution in [1.82, 2.24) is 4.98 Å². The Balaban J connectivity index is 1.99. The fourth-order valence-corrected chi connectivity index (χ4v) is 2.16. The minimum absolute atomic E-state index is 0.0148. The second kappa shape index (κ2) is 6.48. The van der Waals surface area contributed by atoms with Crippen LogP contribution in [0.2, 0.25) is 0 Å². The number of ether oxygens (including phenoxy) is 1. The Morgan fingerprint density at radius 1 is 1.22 bits per heavy atom. The molecule has 5 nitrogen and oxygen atoms in total. The molecule has 0 unspecified atom stereocenters. The zero-order valence-electron chi connectivity index (χ0n) is 12.4. The Morgan fingerprint density at radius 2 is 2.00 bits per heavy atom. The second-order valence-electron chi connectivity index (χ2n) is 4.80. The van der Waals surface area contributed by atoms with Gasteiger partial charge in [0.2, 0.25) is 5.89 Å². The van der Waals surface area contributed by atoms with Gasteiger partial charge in [-0.05, 0) is 37.3 Å². The molecule has 0 spiro atoms. The number of carbonyl (C=O) groups excluding carboxylic acids is 1. The van der Waals surface area contributed by atoms with Crippen LogP contribution in [-0.2, 0) is 16.0 Å². The van der Waals surface area contributed by atoms with Gasteiger partial charge in [0.1, 0.15) is 12.1 Å². The van der Waals surface area contributed by atoms with Gasteiger partial charge in [-0.2, -0.15) is 0 Å². The summed E-state index contributed by atoms with van der Waals surface area (Å²) in [6.45, 7) is 2.03. The van der Waals surface area contributed by atoms with Crippen molar-refractivity contribution in [1.29, 1.82) is 0 Å². The molecule has 2 heterocycles. The van der Waals surface area contributed by atoms with Crippen molar-refractivity contribution < 1.29 is 22.8 Å². The van der Waals surface area contributed by atoms with Gasteiger partial charge in [0.25, 0.3) is 0 Å². The SMILES string of the molecule is CCOC(=O)Cc1nc(-c2ccc(F)cc2)oc1-c1ccoc1. The lowest BCUT2D eigenvalue weighted by Gasteiger charge is -1.99. The molecule has 0 amide bonds. The van der Waals surface area contributed by atoms with E-state index in [0.717, 1.165) is 0 Å². The molecule has 118 valence electrons. The first-order valence-corrected chi connectivity index (χ1v) is 7.11. The Morgan fingerprint density at radius 3 is 2.65 bits per heavy atom. The van der Waals surface area contributed by atoms with Crippen molar-refractivity contribution in [3.63, 3.8) is 0 Å². The molecule has 0 aliphatic heterocycles. The molecule has 2 aromatic heterocycles. The summed E-state index contributed by atoms with van der Waals surface area (Å²) in [7, 11) is 0. The van der Waals surface area contributed by atoms with Gasteiger partial charge in [-0.1, -0.05) is 0 Å². The molecule has 23 heavy (non-hydrogen) atoms. The molecule has 0 fully saturated rings. The summed E-state index contributed by atoms with van der Waals surface area (Å²) in [5.41, 5.74) is 1.74. The van der Waals surface area contributed by atoms with Crippen LogP contribution >= 0.6 is 0 Å². The van der Waals surface area contributed by atoms with Crippen LogP contribution in [0.15, 0.2) is 51.7 Å². The van der Waals surface area contributed by atoms with Crippen molar-refractivity contribution in [2.45, 2.75) is 13.3 Å². The van der Waals surface area contributed by atoms with E-state index in [1.165, 1.54) is 24.7 Å². The maximum absolute atomic E-state index is 13.0. The molecule has 0 bridgehead atoms. The molecule has 0 radical (unpaired) electrons. The highest BCUT2D eigenvalue weighted by atomic mass is 19.1. The molecule has 0 saturated heterocycles. The number of esters is 1. The predicted molar refractivity (Wildman–Crippen MR) is 79.9 cm³/mol. The lowest BCUT2D eigenvalue weighted by Crippen LogP contribution is -2.08. The normalized spacial score (nSPS) is 10.7. The maximum Gasteiger partial charge on any atom is 0.312 e. The van der Waals surface area contributed by atoms with Gasteiger partial charge < -0.3 is 13.6 Å². The van der Waals surface area contributed by atoms with E-state index in [1.807, 2.05) is 0 Å². The molecule has 0 saturated carbocycles. The molecule has 0 aliphatic carbocycles. The average molecular weight is 315 g/mol. The van der Waals surface area contributed by atoms with E-state index >= 15 is 0 Å². The Hall–Kier alpha value is -2.89. The fourth-order valence-electron chi connectivity index (χ4n) is 2.16. The average Bonchev–Trinajstić information content (AvgIpc) is 3.17. The highest BCUT2D eigenvalue weighted by Crippen LogP contribution is 2.30. The van der Waals surface area contributed by atoms with Gasteiger partial charge in [-0.15, -0.1) is 0 Å². The van der Waals surface area contributed by atoms with Crippen molar-refractivity contribution in [3.8, 4) is 22.8 Å². The molecule has 0 aliphatic rings. The van der Waals surface area contributed by atoms with Crippen molar-refractivity contribution >= 4 is 5.97 Å². The van der Waals surface area contributed by atoms with Crippen LogP contribution < -0.4 is 0 Å². The molecular formula is C17H14FNO4. The molecule has 3 aromatic rings. The molecule has 1 aromatic carbocycles. The molecule has 0 N–H and O–H groups in total. The first-order valence-electron chi connectivity index (χ1n) is 7.11. The largest absolute Gasteiger partial charge is 0.472 e. The van der Waals surface area contributed by atoms with E-state index in [9.17, 15) is 9.18 Å². The third kappa shape index (κ3) is 3.31. The van der Waals surface area contributed by atoms with Gasteiger partial charge in [0, 0.05) is 5.56 Å². The van der Waals surface area contributed by atoms with Crippen LogP contribution in [0.3, 0.4) is 0 Å². The van der Waals surface area contributed by atoms with E-state index < -0.39 is 5.97 Å². The Labute approximate surface area is 131 Å². The molecular weight excluding hydrogens is 301 g/mol. The number of carbonyl (C=O) groups is 1. The summed E-state index contributed by atoms with van der Waals surface area (Å²) in [6.07, 6.45) is 2.99. The van der Waals surface area contributed by atoms with E-state index in [2.05, 4.69) is 4.98 Å². The fraction of sp³-hybridized carbons (Fsp3) is 0.176. The van der Waals surface area contributed by atoms with E-state index in [-0.39, 0.29) is 12.2 Å². The lowest BCUT2D eigenvalue weighted by molar-refractivity contribution is -0.142. The van der Waals surface area contributed by atoms with Crippen molar-refractivity contribution in [2.24, 2.45) is 0 Å². The van der Waals surface area contributed by atoms with Gasteiger partial charge in [-0.3, -0.25) is 4.79 Å². The standard InChI is InChI=1S/C17H14FNO4/c1-2-22-15(20)9-14-16(12-7-8-21-10-12)23-17(19-14)11-3-5-13(18)6-4-11/h3-8,10H,2,9H2,1H3. The second-order valence-corrected chi connectivity index (χ2v) is 4.80. The number of rotatable bonds is 5. The first-order chi connectivity index (χ1) is 11.2. The third-order valence-corrected chi connectivity index (χ3v) is 3.19. The summed E-state index contributed by atoms with van der Waals surface area (Å²) < 4.78 is 28.8. The van der Waals surface area contributed by atoms with Crippen molar-refractivity contribution in [3.05, 3.63) is 54.4 Å². The number of hydrogen-bond acceptors (Lipinski definition) is 5. The van der Waals surface area contributed by atoms with Gasteiger partial charge >= 0.3 is 5.97 Å². The lowest BCUT2D eigenvalue weighted by atomic mass is 10.2. The van der Waals surface area contributed by atoms with Gasteiger partial charge in [0.05, 0.1) is 30.5 Å². The quantitative estimate of drug-likeness (QED) is 0.669. The highest BCUT2D eigenvalue weighted by molar-refractivity contribution is 5.75. The summed E-state index contributed by atoms with van der Waals surface area (Å²) in [4.78, 5) is 16.1. The molecule has 3 rings (SSSR count). The van der Waals surface area contributed by atoms with Crippen LogP contribution in [-0.4, -0.2) is 17.6 Å². The number of oxazole rings is 1. The topological polar surface area (TPSA) is 65.5 Å². The summed E-state index contributed by atoms with van der Waals surface area (Å²) in [5, 5.41) is 0. The smallest absolute Gasteiger partial charge is 0.312 e. The number of halogens is 1. The summed E-state index contributed by atoms with van der Waals surface area (Å²) in [6, 6.07) is 7.48. The van der Waals surface area contributed by atoms with Gasteiger partial charge in [-0.25, -0.2) is 9.37 Å². The van der Waals surface area contributed by atoms with Gasteiger partial charge in [0.15, 0.2) is 5.76 Å². The minimum Gasteiger partial charge on any atom is -0.472 e. The van der Waals surface area contributed by atoms with E-state index in [4.69, 9.17) is 13.6 Å². The monoisotopic (exact) mass is 315 g/mol. The van der Waals surface area contributed by atoms with E-state index in [1.54, 1.807) is 25.1 Å². The van der Waals surface area contributed by atoms with Crippen LogP contribution in [0.5, 0.6) is 0 Å². The number of nitrogens with zero attached hydrogens (tertiary/aromatic N) is 1. The number of aromatic nitrogens is 1. The summed E-state index contributed by atoms with van der Waals surface area (Å²) >= 11 is 0. The first kappa shape index (κ1) is 15.0.